The van der Waals surface area contributed by atoms with Gasteiger partial charge in [-0.05, 0) is 44.5 Å². The third-order valence-corrected chi connectivity index (χ3v) is 5.52. The molecule has 3 aromatic rings. The molecule has 26 heavy (non-hydrogen) atoms. The Morgan fingerprint density at radius 3 is 2.69 bits per heavy atom. The summed E-state index contributed by atoms with van der Waals surface area (Å²) in [4.78, 5) is 22.8. The van der Waals surface area contributed by atoms with E-state index >= 15 is 0 Å². The Labute approximate surface area is 157 Å². The summed E-state index contributed by atoms with van der Waals surface area (Å²) in [7, 11) is 0. The molecule has 1 amide bonds. The van der Waals surface area contributed by atoms with E-state index in [9.17, 15) is 4.79 Å². The van der Waals surface area contributed by atoms with Crippen LogP contribution in [0.25, 0.3) is 16.6 Å². The monoisotopic (exact) mass is 363 g/mol. The molecule has 5 heteroatoms. The van der Waals surface area contributed by atoms with Crippen LogP contribution < -0.4 is 4.90 Å². The predicted octanol–water partition coefficient (Wildman–Crippen LogP) is 4.88. The molecule has 132 valence electrons. The molecule has 0 unspecified atom stereocenters. The van der Waals surface area contributed by atoms with E-state index in [1.54, 1.807) is 0 Å². The van der Waals surface area contributed by atoms with Crippen molar-refractivity contribution < 1.29 is 4.79 Å². The van der Waals surface area contributed by atoms with Crippen molar-refractivity contribution in [2.24, 2.45) is 0 Å². The Morgan fingerprint density at radius 2 is 1.88 bits per heavy atom. The van der Waals surface area contributed by atoms with Crippen molar-refractivity contribution in [2.75, 3.05) is 10.7 Å². The van der Waals surface area contributed by atoms with E-state index in [-0.39, 0.29) is 11.4 Å². The quantitative estimate of drug-likeness (QED) is 0.675. The summed E-state index contributed by atoms with van der Waals surface area (Å²) in [6, 6.07) is 16.0. The molecule has 1 aromatic heterocycles. The van der Waals surface area contributed by atoms with Crippen molar-refractivity contribution in [3.63, 3.8) is 0 Å². The van der Waals surface area contributed by atoms with Gasteiger partial charge in [0.2, 0.25) is 5.91 Å². The number of aromatic nitrogens is 2. The van der Waals surface area contributed by atoms with Crippen molar-refractivity contribution >= 4 is 40.0 Å². The second-order valence-corrected chi connectivity index (χ2v) is 8.04. The van der Waals surface area contributed by atoms with Crippen LogP contribution in [0.2, 0.25) is 0 Å². The molecule has 0 bridgehead atoms. The van der Waals surface area contributed by atoms with E-state index in [1.807, 2.05) is 47.4 Å². The van der Waals surface area contributed by atoms with Gasteiger partial charge in [0.25, 0.3) is 0 Å². The van der Waals surface area contributed by atoms with Crippen LogP contribution >= 0.6 is 11.8 Å². The number of rotatable bonds is 3. The van der Waals surface area contributed by atoms with Gasteiger partial charge in [0, 0.05) is 5.56 Å². The maximum Gasteiger partial charge on any atom is 0.238 e. The molecule has 2 heterocycles. The maximum atomic E-state index is 13.1. The molecule has 4 rings (SSSR count). The highest BCUT2D eigenvalue weighted by Gasteiger charge is 2.35. The summed E-state index contributed by atoms with van der Waals surface area (Å²) in [5.41, 5.74) is 4.86. The van der Waals surface area contributed by atoms with E-state index in [2.05, 4.69) is 42.9 Å². The molecular weight excluding hydrogens is 342 g/mol. The van der Waals surface area contributed by atoms with Crippen LogP contribution in [0.3, 0.4) is 0 Å². The minimum atomic E-state index is -0.357. The molecule has 1 aliphatic rings. The molecule has 0 saturated carbocycles. The van der Waals surface area contributed by atoms with Crippen LogP contribution in [0, 0.1) is 0 Å². The number of aromatic amines is 1. The lowest BCUT2D eigenvalue weighted by molar-refractivity contribution is -0.116. The zero-order valence-corrected chi connectivity index (χ0v) is 15.9. The summed E-state index contributed by atoms with van der Waals surface area (Å²) >= 11 is 1.45. The van der Waals surface area contributed by atoms with E-state index in [0.717, 1.165) is 27.4 Å². The first-order valence-corrected chi connectivity index (χ1v) is 9.64. The number of para-hydroxylation sites is 3. The van der Waals surface area contributed by atoms with Crippen molar-refractivity contribution in [1.82, 2.24) is 9.97 Å². The number of benzene rings is 2. The van der Waals surface area contributed by atoms with Crippen LogP contribution in [0.5, 0.6) is 0 Å². The number of amides is 1. The molecule has 0 atom stereocenters. The summed E-state index contributed by atoms with van der Waals surface area (Å²) in [6.45, 7) is 6.26. The van der Waals surface area contributed by atoms with Gasteiger partial charge in [-0.1, -0.05) is 48.2 Å². The van der Waals surface area contributed by atoms with Gasteiger partial charge in [-0.2, -0.15) is 0 Å². The summed E-state index contributed by atoms with van der Waals surface area (Å²) < 4.78 is 0. The second kappa shape index (κ2) is 6.32. The molecule has 1 aliphatic heterocycles. The van der Waals surface area contributed by atoms with Gasteiger partial charge in [-0.3, -0.25) is 4.79 Å². The lowest BCUT2D eigenvalue weighted by Gasteiger charge is -2.41. The van der Waals surface area contributed by atoms with Crippen molar-refractivity contribution in [2.45, 2.75) is 31.5 Å². The molecule has 0 spiro atoms. The number of hydrogen-bond acceptors (Lipinski definition) is 3. The standard InChI is InChI=1S/C21H21N3OS/c1-14-12-21(2,3)24(18-11-7-4-8-15(14)18)19(25)13-26-20-22-16-9-5-6-10-17(16)23-20/h4-12H,13H2,1-3H3,(H,22,23). The Bertz CT molecular complexity index is 986. The first-order valence-electron chi connectivity index (χ1n) is 8.65. The number of fused-ring (bicyclic) bond motifs is 2. The van der Waals surface area contributed by atoms with Gasteiger partial charge >= 0.3 is 0 Å². The first-order chi connectivity index (χ1) is 12.5. The largest absolute Gasteiger partial charge is 0.333 e. The summed E-state index contributed by atoms with van der Waals surface area (Å²) in [6.07, 6.45) is 2.17. The molecule has 4 nitrogen and oxygen atoms in total. The zero-order valence-electron chi connectivity index (χ0n) is 15.1. The molecule has 0 fully saturated rings. The number of imidazole rings is 1. The normalized spacial score (nSPS) is 15.7. The summed E-state index contributed by atoms with van der Waals surface area (Å²) in [5.74, 6) is 0.418. The smallest absolute Gasteiger partial charge is 0.238 e. The third kappa shape index (κ3) is 2.92. The van der Waals surface area contributed by atoms with Gasteiger partial charge in [0.15, 0.2) is 5.16 Å². The van der Waals surface area contributed by atoms with Crippen molar-refractivity contribution in [3.8, 4) is 0 Å². The van der Waals surface area contributed by atoms with E-state index < -0.39 is 0 Å². The number of anilines is 1. The lowest BCUT2D eigenvalue weighted by atomic mass is 9.89. The average molecular weight is 363 g/mol. The number of carbonyl (C=O) groups excluding carboxylic acids is 1. The number of carbonyl (C=O) groups is 1. The highest BCUT2D eigenvalue weighted by atomic mass is 32.2. The molecular formula is C21H21N3OS. The average Bonchev–Trinajstić information content (AvgIpc) is 3.02. The molecule has 0 saturated heterocycles. The SMILES string of the molecule is CC1=CC(C)(C)N(C(=O)CSc2nc3ccccc3[nH]2)c2ccccc21. The third-order valence-electron chi connectivity index (χ3n) is 4.67. The fourth-order valence-corrected chi connectivity index (χ4v) is 4.37. The highest BCUT2D eigenvalue weighted by molar-refractivity contribution is 7.99. The number of allylic oxidation sites excluding steroid dienone is 1. The molecule has 0 aliphatic carbocycles. The van der Waals surface area contributed by atoms with Gasteiger partial charge in [0.05, 0.1) is 28.0 Å². The lowest BCUT2D eigenvalue weighted by Crippen LogP contribution is -2.49. The van der Waals surface area contributed by atoms with Crippen LogP contribution in [-0.4, -0.2) is 27.2 Å². The van der Waals surface area contributed by atoms with E-state index in [4.69, 9.17) is 0 Å². The van der Waals surface area contributed by atoms with Crippen molar-refractivity contribution in [1.29, 1.82) is 0 Å². The first kappa shape index (κ1) is 16.9. The number of thioether (sulfide) groups is 1. The minimum Gasteiger partial charge on any atom is -0.333 e. The van der Waals surface area contributed by atoms with Gasteiger partial charge < -0.3 is 9.88 Å². The maximum absolute atomic E-state index is 13.1. The van der Waals surface area contributed by atoms with Crippen LogP contribution in [0.15, 0.2) is 59.8 Å². The van der Waals surface area contributed by atoms with Crippen LogP contribution in [-0.2, 0) is 4.79 Å². The molecule has 0 radical (unpaired) electrons. The van der Waals surface area contributed by atoms with E-state index in [0.29, 0.717) is 5.75 Å². The summed E-state index contributed by atoms with van der Waals surface area (Å²) in [5, 5.41) is 0.773. The number of hydrogen-bond donors (Lipinski definition) is 1. The van der Waals surface area contributed by atoms with Crippen LogP contribution in [0.4, 0.5) is 5.69 Å². The minimum absolute atomic E-state index is 0.0802. The number of nitrogens with zero attached hydrogens (tertiary/aromatic N) is 2. The van der Waals surface area contributed by atoms with Gasteiger partial charge in [-0.15, -0.1) is 0 Å². The Kier molecular flexibility index (Phi) is 4.11. The van der Waals surface area contributed by atoms with Crippen molar-refractivity contribution in [3.05, 3.63) is 60.2 Å². The zero-order chi connectivity index (χ0) is 18.3. The molecule has 2 aromatic carbocycles. The van der Waals surface area contributed by atoms with Gasteiger partial charge in [0.1, 0.15) is 0 Å². The highest BCUT2D eigenvalue weighted by Crippen LogP contribution is 2.39. The Hall–Kier alpha value is -2.53. The second-order valence-electron chi connectivity index (χ2n) is 7.08. The van der Waals surface area contributed by atoms with Gasteiger partial charge in [-0.25, -0.2) is 4.98 Å². The fourth-order valence-electron chi connectivity index (χ4n) is 3.63. The topological polar surface area (TPSA) is 49.0 Å². The predicted molar refractivity (Wildman–Crippen MR) is 108 cm³/mol. The van der Waals surface area contributed by atoms with E-state index in [1.165, 1.54) is 17.3 Å². The number of nitrogens with one attached hydrogen (secondary N) is 1. The Balaban J connectivity index is 1.59. The van der Waals surface area contributed by atoms with Crippen LogP contribution in [0.1, 0.15) is 26.3 Å². The molecule has 1 N–H and O–H groups in total. The number of H-pyrrole nitrogens is 1. The fraction of sp³-hybridized carbons (Fsp3) is 0.238. The Morgan fingerprint density at radius 1 is 1.15 bits per heavy atom.